The summed E-state index contributed by atoms with van der Waals surface area (Å²) in [6.45, 7) is 0.387. The molecule has 6 heteroatoms. The molecule has 27 heavy (non-hydrogen) atoms. The average Bonchev–Trinajstić information content (AvgIpc) is 2.72. The van der Waals surface area contributed by atoms with Gasteiger partial charge in [-0.1, -0.05) is 71.9 Å². The van der Waals surface area contributed by atoms with Crippen molar-refractivity contribution in [2.45, 2.75) is 11.7 Å². The van der Waals surface area contributed by atoms with Gasteiger partial charge in [0.1, 0.15) is 0 Å². The van der Waals surface area contributed by atoms with Crippen LogP contribution < -0.4 is 5.56 Å². The van der Waals surface area contributed by atoms with Crippen molar-refractivity contribution in [3.05, 3.63) is 87.9 Å². The van der Waals surface area contributed by atoms with Gasteiger partial charge >= 0.3 is 0 Å². The summed E-state index contributed by atoms with van der Waals surface area (Å²) in [6.07, 6.45) is 5.40. The van der Waals surface area contributed by atoms with Crippen LogP contribution in [0.4, 0.5) is 0 Å². The van der Waals surface area contributed by atoms with Crippen molar-refractivity contribution in [1.82, 2.24) is 14.5 Å². The SMILES string of the molecule is CSc1ncc2c(=O)n(Cc3ccccc3Cl)cc(-c3ccccc3)c2n1. The Labute approximate surface area is 165 Å². The lowest BCUT2D eigenvalue weighted by Crippen LogP contribution is -2.21. The third-order valence-electron chi connectivity index (χ3n) is 4.36. The smallest absolute Gasteiger partial charge is 0.261 e. The zero-order valence-electron chi connectivity index (χ0n) is 14.6. The van der Waals surface area contributed by atoms with E-state index in [0.29, 0.717) is 27.6 Å². The third kappa shape index (κ3) is 3.48. The van der Waals surface area contributed by atoms with Crippen molar-refractivity contribution >= 4 is 34.3 Å². The van der Waals surface area contributed by atoms with Gasteiger partial charge in [-0.25, -0.2) is 9.97 Å². The summed E-state index contributed by atoms with van der Waals surface area (Å²) in [4.78, 5) is 22.0. The van der Waals surface area contributed by atoms with Gasteiger partial charge in [-0.2, -0.15) is 0 Å². The van der Waals surface area contributed by atoms with Crippen LogP contribution in [0.3, 0.4) is 0 Å². The Morgan fingerprint density at radius 1 is 1.07 bits per heavy atom. The van der Waals surface area contributed by atoms with Crippen LogP contribution in [0.5, 0.6) is 0 Å². The van der Waals surface area contributed by atoms with E-state index in [-0.39, 0.29) is 5.56 Å². The second-order valence-electron chi connectivity index (χ2n) is 6.05. The molecule has 2 heterocycles. The topological polar surface area (TPSA) is 47.8 Å². The first-order chi connectivity index (χ1) is 13.2. The molecule has 0 amide bonds. The van der Waals surface area contributed by atoms with Crippen molar-refractivity contribution in [3.8, 4) is 11.1 Å². The molecule has 4 nitrogen and oxygen atoms in total. The second-order valence-corrected chi connectivity index (χ2v) is 7.23. The van der Waals surface area contributed by atoms with E-state index in [1.165, 1.54) is 11.8 Å². The number of pyridine rings is 1. The van der Waals surface area contributed by atoms with Crippen LogP contribution >= 0.6 is 23.4 Å². The number of rotatable bonds is 4. The van der Waals surface area contributed by atoms with Gasteiger partial charge in [0, 0.05) is 23.0 Å². The highest BCUT2D eigenvalue weighted by atomic mass is 35.5. The molecule has 0 bridgehead atoms. The molecular formula is C21H16ClN3OS. The fourth-order valence-corrected chi connectivity index (χ4v) is 3.55. The molecule has 4 rings (SSSR count). The molecule has 0 aliphatic heterocycles. The first kappa shape index (κ1) is 17.8. The molecule has 0 saturated carbocycles. The third-order valence-corrected chi connectivity index (χ3v) is 5.29. The molecular weight excluding hydrogens is 378 g/mol. The molecule has 0 saturated heterocycles. The summed E-state index contributed by atoms with van der Waals surface area (Å²) < 4.78 is 1.67. The van der Waals surface area contributed by atoms with Crippen LogP contribution in [-0.4, -0.2) is 20.8 Å². The van der Waals surface area contributed by atoms with Gasteiger partial charge in [0.05, 0.1) is 17.4 Å². The Bertz CT molecular complexity index is 1180. The van der Waals surface area contributed by atoms with Crippen LogP contribution in [0.1, 0.15) is 5.56 Å². The number of halogens is 1. The Balaban J connectivity index is 1.97. The van der Waals surface area contributed by atoms with Crippen LogP contribution in [0.15, 0.2) is 76.9 Å². The van der Waals surface area contributed by atoms with E-state index in [1.807, 2.05) is 67.0 Å². The molecule has 0 spiro atoms. The van der Waals surface area contributed by atoms with Crippen molar-refractivity contribution < 1.29 is 0 Å². The number of aromatic nitrogens is 3. The first-order valence-electron chi connectivity index (χ1n) is 8.40. The lowest BCUT2D eigenvalue weighted by Gasteiger charge is -2.13. The highest BCUT2D eigenvalue weighted by molar-refractivity contribution is 7.98. The Hall–Kier alpha value is -2.63. The minimum Gasteiger partial charge on any atom is -0.310 e. The van der Waals surface area contributed by atoms with Gasteiger partial charge in [-0.05, 0) is 23.4 Å². The minimum atomic E-state index is -0.128. The molecule has 2 aromatic carbocycles. The molecule has 0 aliphatic rings. The van der Waals surface area contributed by atoms with Crippen molar-refractivity contribution in [2.24, 2.45) is 0 Å². The number of hydrogen-bond acceptors (Lipinski definition) is 4. The molecule has 0 N–H and O–H groups in total. The molecule has 0 atom stereocenters. The quantitative estimate of drug-likeness (QED) is 0.366. The molecule has 0 unspecified atom stereocenters. The lowest BCUT2D eigenvalue weighted by atomic mass is 10.0. The molecule has 0 aliphatic carbocycles. The Kier molecular flexibility index (Phi) is 4.97. The van der Waals surface area contributed by atoms with E-state index < -0.39 is 0 Å². The van der Waals surface area contributed by atoms with E-state index in [9.17, 15) is 4.79 Å². The molecule has 2 aromatic heterocycles. The van der Waals surface area contributed by atoms with Crippen LogP contribution in [-0.2, 0) is 6.54 Å². The van der Waals surface area contributed by atoms with Gasteiger partial charge in [-0.3, -0.25) is 4.79 Å². The van der Waals surface area contributed by atoms with Crippen molar-refractivity contribution in [2.75, 3.05) is 6.26 Å². The van der Waals surface area contributed by atoms with Gasteiger partial charge in [0.2, 0.25) is 0 Å². The average molecular weight is 394 g/mol. The summed E-state index contributed by atoms with van der Waals surface area (Å²) in [5.74, 6) is 0. The predicted octanol–water partition coefficient (Wildman–Crippen LogP) is 4.88. The minimum absolute atomic E-state index is 0.128. The molecule has 4 aromatic rings. The van der Waals surface area contributed by atoms with Gasteiger partial charge in [0.15, 0.2) is 5.16 Å². The predicted molar refractivity (Wildman–Crippen MR) is 112 cm³/mol. The number of fused-ring (bicyclic) bond motifs is 1. The van der Waals surface area contributed by atoms with Crippen LogP contribution in [0.2, 0.25) is 5.02 Å². The van der Waals surface area contributed by atoms with E-state index in [2.05, 4.69) is 9.97 Å². The summed E-state index contributed by atoms with van der Waals surface area (Å²) >= 11 is 7.75. The highest BCUT2D eigenvalue weighted by Crippen LogP contribution is 2.27. The largest absolute Gasteiger partial charge is 0.310 e. The van der Waals surface area contributed by atoms with Gasteiger partial charge in [0.25, 0.3) is 5.56 Å². The Morgan fingerprint density at radius 2 is 1.81 bits per heavy atom. The van der Waals surface area contributed by atoms with Crippen LogP contribution in [0, 0.1) is 0 Å². The van der Waals surface area contributed by atoms with E-state index >= 15 is 0 Å². The van der Waals surface area contributed by atoms with Gasteiger partial charge in [-0.15, -0.1) is 0 Å². The number of benzene rings is 2. The second kappa shape index (κ2) is 7.55. The number of hydrogen-bond donors (Lipinski definition) is 0. The zero-order chi connectivity index (χ0) is 18.8. The summed E-state index contributed by atoms with van der Waals surface area (Å²) in [5, 5.41) is 1.78. The maximum Gasteiger partial charge on any atom is 0.261 e. The zero-order valence-corrected chi connectivity index (χ0v) is 16.2. The Morgan fingerprint density at radius 3 is 2.56 bits per heavy atom. The van der Waals surface area contributed by atoms with Crippen molar-refractivity contribution in [3.63, 3.8) is 0 Å². The van der Waals surface area contributed by atoms with E-state index in [0.717, 1.165) is 16.7 Å². The summed E-state index contributed by atoms with van der Waals surface area (Å²) in [6, 6.07) is 17.5. The maximum atomic E-state index is 13.1. The van der Waals surface area contributed by atoms with Crippen LogP contribution in [0.25, 0.3) is 22.0 Å². The fraction of sp³-hybridized carbons (Fsp3) is 0.0952. The number of nitrogens with zero attached hydrogens (tertiary/aromatic N) is 3. The highest BCUT2D eigenvalue weighted by Gasteiger charge is 2.14. The van der Waals surface area contributed by atoms with Gasteiger partial charge < -0.3 is 4.57 Å². The first-order valence-corrected chi connectivity index (χ1v) is 10.0. The van der Waals surface area contributed by atoms with Crippen molar-refractivity contribution in [1.29, 1.82) is 0 Å². The molecule has 0 radical (unpaired) electrons. The number of thioether (sulfide) groups is 1. The fourth-order valence-electron chi connectivity index (χ4n) is 3.01. The standard InChI is InChI=1S/C21H16ClN3OS/c1-27-21-23-11-16-19(24-21)17(14-7-3-2-4-8-14)13-25(20(16)26)12-15-9-5-6-10-18(15)22/h2-11,13H,12H2,1H3. The molecule has 134 valence electrons. The lowest BCUT2D eigenvalue weighted by molar-refractivity contribution is 0.767. The monoisotopic (exact) mass is 393 g/mol. The maximum absolute atomic E-state index is 13.1. The summed E-state index contributed by atoms with van der Waals surface area (Å²) in [7, 11) is 0. The van der Waals surface area contributed by atoms with E-state index in [1.54, 1.807) is 10.8 Å². The molecule has 0 fully saturated rings. The summed E-state index contributed by atoms with van der Waals surface area (Å²) in [5.41, 5.74) is 3.33. The normalized spacial score (nSPS) is 11.0. The van der Waals surface area contributed by atoms with E-state index in [4.69, 9.17) is 11.6 Å².